The van der Waals surface area contributed by atoms with Gasteiger partial charge in [-0.15, -0.1) is 0 Å². The molecule has 31 heavy (non-hydrogen) atoms. The molecule has 1 saturated heterocycles. The molecule has 1 fully saturated rings. The second kappa shape index (κ2) is 8.02. The SMILES string of the molecule is N[C@@H](CNC(=O)c1ccc2c(n1)N(C(=O)Nc1ccccn1)[C@H]1CCN2C1)C(F)(F)F. The fraction of sp³-hybridized carbons (Fsp3) is 0.368. The van der Waals surface area contributed by atoms with Gasteiger partial charge >= 0.3 is 12.2 Å². The van der Waals surface area contributed by atoms with Crippen LogP contribution in [-0.2, 0) is 0 Å². The van der Waals surface area contributed by atoms with Crippen molar-refractivity contribution in [2.75, 3.05) is 34.8 Å². The lowest BCUT2D eigenvalue weighted by molar-refractivity contribution is -0.146. The number of alkyl halides is 3. The molecule has 2 aromatic rings. The maximum atomic E-state index is 13.0. The molecule has 0 aliphatic carbocycles. The van der Waals surface area contributed by atoms with Gasteiger partial charge in [0.15, 0.2) is 5.82 Å². The molecule has 12 heteroatoms. The Bertz CT molecular complexity index is 986. The Morgan fingerprint density at radius 3 is 2.77 bits per heavy atom. The standard InChI is InChI=1S/C19H20F3N7O2/c20-19(21,22)14(23)9-25-17(30)12-4-5-13-16(26-12)29(11-6-8-28(13)10-11)18(31)27-15-3-1-2-7-24-15/h1-5,7,11,14H,6,8-10,23H2,(H,25,30)(H,24,27,31)/t11-,14-/m0/s1. The van der Waals surface area contributed by atoms with Gasteiger partial charge < -0.3 is 16.0 Å². The van der Waals surface area contributed by atoms with Crippen LogP contribution in [0.4, 0.5) is 35.3 Å². The maximum Gasteiger partial charge on any atom is 0.405 e. The third-order valence-corrected chi connectivity index (χ3v) is 5.21. The van der Waals surface area contributed by atoms with Gasteiger partial charge in [0.2, 0.25) is 0 Å². The van der Waals surface area contributed by atoms with E-state index in [1.165, 1.54) is 11.0 Å². The molecule has 0 spiro atoms. The van der Waals surface area contributed by atoms with Crippen molar-refractivity contribution in [1.82, 2.24) is 15.3 Å². The summed E-state index contributed by atoms with van der Waals surface area (Å²) in [4.78, 5) is 37.3. The molecule has 4 heterocycles. The molecule has 2 atom stereocenters. The highest BCUT2D eigenvalue weighted by atomic mass is 19.4. The number of nitrogens with zero attached hydrogens (tertiary/aromatic N) is 4. The van der Waals surface area contributed by atoms with Crippen LogP contribution in [0.2, 0.25) is 0 Å². The number of amides is 3. The number of aromatic nitrogens is 2. The Hall–Kier alpha value is -3.41. The summed E-state index contributed by atoms with van der Waals surface area (Å²) < 4.78 is 37.8. The summed E-state index contributed by atoms with van der Waals surface area (Å²) in [5.41, 5.74) is 5.60. The molecule has 0 unspecified atom stereocenters. The van der Waals surface area contributed by atoms with E-state index in [2.05, 4.69) is 25.5 Å². The molecule has 0 radical (unpaired) electrons. The lowest BCUT2D eigenvalue weighted by Crippen LogP contribution is -2.49. The molecule has 4 rings (SSSR count). The summed E-state index contributed by atoms with van der Waals surface area (Å²) in [5.74, 6) is -0.167. The number of hydrogen-bond donors (Lipinski definition) is 3. The first kappa shape index (κ1) is 20.8. The minimum Gasteiger partial charge on any atom is -0.366 e. The summed E-state index contributed by atoms with van der Waals surface area (Å²) >= 11 is 0. The Kier molecular flexibility index (Phi) is 5.39. The zero-order valence-corrected chi connectivity index (χ0v) is 16.3. The first-order chi connectivity index (χ1) is 14.7. The summed E-state index contributed by atoms with van der Waals surface area (Å²) in [6, 6.07) is 5.37. The fourth-order valence-corrected chi connectivity index (χ4v) is 3.61. The molecule has 2 bridgehead atoms. The second-order valence-corrected chi connectivity index (χ2v) is 7.30. The number of halogens is 3. The average Bonchev–Trinajstić information content (AvgIpc) is 3.15. The van der Waals surface area contributed by atoms with E-state index >= 15 is 0 Å². The number of carbonyl (C=O) groups excluding carboxylic acids is 2. The van der Waals surface area contributed by atoms with E-state index in [1.807, 2.05) is 0 Å². The normalized spacial score (nSPS) is 18.4. The van der Waals surface area contributed by atoms with E-state index in [0.717, 1.165) is 6.54 Å². The zero-order valence-electron chi connectivity index (χ0n) is 16.3. The van der Waals surface area contributed by atoms with Crippen LogP contribution in [0, 0.1) is 0 Å². The number of fused-ring (bicyclic) bond motifs is 4. The lowest BCUT2D eigenvalue weighted by atomic mass is 10.1. The van der Waals surface area contributed by atoms with Crippen LogP contribution in [0.15, 0.2) is 36.5 Å². The predicted molar refractivity (Wildman–Crippen MR) is 107 cm³/mol. The second-order valence-electron chi connectivity index (χ2n) is 7.30. The highest BCUT2D eigenvalue weighted by Crippen LogP contribution is 2.39. The fourth-order valence-electron chi connectivity index (χ4n) is 3.61. The molecular weight excluding hydrogens is 415 g/mol. The van der Waals surface area contributed by atoms with Gasteiger partial charge in [-0.05, 0) is 30.7 Å². The van der Waals surface area contributed by atoms with Gasteiger partial charge in [-0.1, -0.05) is 6.07 Å². The topological polar surface area (TPSA) is 116 Å². The first-order valence-corrected chi connectivity index (χ1v) is 9.62. The minimum absolute atomic E-state index is 0.105. The van der Waals surface area contributed by atoms with Crippen molar-refractivity contribution in [2.45, 2.75) is 24.7 Å². The van der Waals surface area contributed by atoms with Crippen molar-refractivity contribution in [3.05, 3.63) is 42.2 Å². The Morgan fingerprint density at radius 1 is 1.26 bits per heavy atom. The van der Waals surface area contributed by atoms with Gasteiger partial charge in [0.1, 0.15) is 17.6 Å². The van der Waals surface area contributed by atoms with Crippen molar-refractivity contribution in [3.8, 4) is 0 Å². The van der Waals surface area contributed by atoms with Crippen LogP contribution in [0.25, 0.3) is 0 Å². The first-order valence-electron chi connectivity index (χ1n) is 9.62. The molecule has 2 aromatic heterocycles. The number of nitrogens with two attached hydrogens (primary N) is 1. The van der Waals surface area contributed by atoms with Crippen LogP contribution in [0.5, 0.6) is 0 Å². The van der Waals surface area contributed by atoms with Crippen LogP contribution >= 0.6 is 0 Å². The molecule has 0 aromatic carbocycles. The average molecular weight is 435 g/mol. The van der Waals surface area contributed by atoms with Gasteiger partial charge in [0.05, 0.1) is 11.7 Å². The van der Waals surface area contributed by atoms with E-state index < -0.39 is 30.7 Å². The van der Waals surface area contributed by atoms with E-state index in [9.17, 15) is 22.8 Å². The monoisotopic (exact) mass is 435 g/mol. The van der Waals surface area contributed by atoms with Crippen LogP contribution in [-0.4, -0.2) is 59.8 Å². The number of pyridine rings is 2. The van der Waals surface area contributed by atoms with E-state index in [0.29, 0.717) is 24.5 Å². The highest BCUT2D eigenvalue weighted by Gasteiger charge is 2.41. The molecule has 0 saturated carbocycles. The Balaban J connectivity index is 1.57. The predicted octanol–water partition coefficient (Wildman–Crippen LogP) is 1.73. The van der Waals surface area contributed by atoms with E-state index in [-0.39, 0.29) is 17.6 Å². The van der Waals surface area contributed by atoms with Gasteiger partial charge in [-0.3, -0.25) is 15.0 Å². The van der Waals surface area contributed by atoms with Crippen molar-refractivity contribution >= 4 is 29.3 Å². The molecule has 164 valence electrons. The van der Waals surface area contributed by atoms with Gasteiger partial charge in [0.25, 0.3) is 5.91 Å². The minimum atomic E-state index is -4.62. The third kappa shape index (κ3) is 4.24. The summed E-state index contributed by atoms with van der Waals surface area (Å²) in [6.45, 7) is 0.564. The summed E-state index contributed by atoms with van der Waals surface area (Å²) in [5, 5.41) is 4.86. The number of carbonyl (C=O) groups is 2. The van der Waals surface area contributed by atoms with E-state index in [1.54, 1.807) is 30.5 Å². The molecule has 9 nitrogen and oxygen atoms in total. The van der Waals surface area contributed by atoms with Crippen molar-refractivity contribution in [2.24, 2.45) is 5.73 Å². The highest BCUT2D eigenvalue weighted by molar-refractivity contribution is 6.05. The van der Waals surface area contributed by atoms with Gasteiger partial charge in [-0.2, -0.15) is 13.2 Å². The van der Waals surface area contributed by atoms with Crippen molar-refractivity contribution in [3.63, 3.8) is 0 Å². The molecule has 4 N–H and O–H groups in total. The van der Waals surface area contributed by atoms with Gasteiger partial charge in [-0.25, -0.2) is 14.8 Å². The molecular formula is C19H20F3N7O2. The maximum absolute atomic E-state index is 13.0. The number of nitrogens with one attached hydrogen (secondary N) is 2. The molecule has 3 amide bonds. The van der Waals surface area contributed by atoms with Crippen molar-refractivity contribution in [1.29, 1.82) is 0 Å². The van der Waals surface area contributed by atoms with Gasteiger partial charge in [0, 0.05) is 25.8 Å². The van der Waals surface area contributed by atoms with Crippen LogP contribution in [0.3, 0.4) is 0 Å². The summed E-state index contributed by atoms with van der Waals surface area (Å²) in [6.07, 6.45) is -2.36. The zero-order chi connectivity index (χ0) is 22.2. The summed E-state index contributed by atoms with van der Waals surface area (Å²) in [7, 11) is 0. The number of anilines is 3. The number of hydrogen-bond acceptors (Lipinski definition) is 6. The quantitative estimate of drug-likeness (QED) is 0.674. The molecule has 2 aliphatic heterocycles. The lowest BCUT2D eigenvalue weighted by Gasteiger charge is -2.35. The van der Waals surface area contributed by atoms with Crippen LogP contribution in [0.1, 0.15) is 16.9 Å². The Labute approximate surface area is 175 Å². The number of rotatable bonds is 4. The van der Waals surface area contributed by atoms with Crippen LogP contribution < -0.4 is 26.2 Å². The molecule has 2 aliphatic rings. The van der Waals surface area contributed by atoms with E-state index in [4.69, 9.17) is 5.73 Å². The Morgan fingerprint density at radius 2 is 2.06 bits per heavy atom. The third-order valence-electron chi connectivity index (χ3n) is 5.21. The largest absolute Gasteiger partial charge is 0.405 e. The number of urea groups is 1. The van der Waals surface area contributed by atoms with Crippen molar-refractivity contribution < 1.29 is 22.8 Å². The smallest absolute Gasteiger partial charge is 0.366 e.